The van der Waals surface area contributed by atoms with Crippen LogP contribution >= 0.6 is 0 Å². The summed E-state index contributed by atoms with van der Waals surface area (Å²) in [6, 6.07) is 0. The van der Waals surface area contributed by atoms with Crippen molar-refractivity contribution in [3.05, 3.63) is 0 Å². The Balaban J connectivity index is 4.42. The Morgan fingerprint density at radius 1 is 1.12 bits per heavy atom. The average Bonchev–Trinajstić information content (AvgIpc) is 2.31. The number of rotatable bonds is 8. The van der Waals surface area contributed by atoms with E-state index in [2.05, 4.69) is 0 Å². The first-order valence-corrected chi connectivity index (χ1v) is 5.41. The molecule has 0 saturated carbocycles. The van der Waals surface area contributed by atoms with Crippen molar-refractivity contribution in [1.82, 2.24) is 0 Å². The van der Waals surface area contributed by atoms with Crippen LogP contribution in [0.15, 0.2) is 0 Å². The molecule has 0 saturated heterocycles. The molecule has 0 amide bonds. The van der Waals surface area contributed by atoms with Crippen LogP contribution in [0.1, 0.15) is 33.6 Å². The van der Waals surface area contributed by atoms with E-state index in [-0.39, 0.29) is 24.7 Å². The molecule has 0 fully saturated rings. The van der Waals surface area contributed by atoms with E-state index >= 15 is 0 Å². The maximum atomic E-state index is 11.6. The van der Waals surface area contributed by atoms with E-state index in [1.54, 1.807) is 20.8 Å². The summed E-state index contributed by atoms with van der Waals surface area (Å²) in [6.07, 6.45) is 1.45. The van der Waals surface area contributed by atoms with Gasteiger partial charge in [-0.3, -0.25) is 9.59 Å². The van der Waals surface area contributed by atoms with Gasteiger partial charge in [0.2, 0.25) is 5.78 Å². The summed E-state index contributed by atoms with van der Waals surface area (Å²) in [5, 5.41) is 0. The molecule has 0 aromatic carbocycles. The normalized spacial score (nSPS) is 15.9. The lowest BCUT2D eigenvalue weighted by molar-refractivity contribution is -0.140. The van der Waals surface area contributed by atoms with Gasteiger partial charge in [-0.15, -0.1) is 0 Å². The summed E-state index contributed by atoms with van der Waals surface area (Å²) in [7, 11) is 0. The van der Waals surface area contributed by atoms with Crippen LogP contribution in [0.5, 0.6) is 0 Å². The zero-order chi connectivity index (χ0) is 12.7. The van der Waals surface area contributed by atoms with Crippen LogP contribution in [0.3, 0.4) is 0 Å². The fourth-order valence-electron chi connectivity index (χ4n) is 1.39. The Labute approximate surface area is 95.4 Å². The van der Waals surface area contributed by atoms with E-state index in [4.69, 9.17) is 0 Å². The molecule has 0 N–H and O–H groups in total. The molecule has 0 heterocycles. The monoisotopic (exact) mass is 226 g/mol. The number of ketones is 2. The van der Waals surface area contributed by atoms with Crippen molar-refractivity contribution in [3.63, 3.8) is 0 Å². The molecule has 0 spiro atoms. The largest absolute Gasteiger partial charge is 0.303 e. The molecular formula is C12H18O4. The number of aldehydes is 2. The minimum atomic E-state index is -0.524. The molecule has 4 heteroatoms. The van der Waals surface area contributed by atoms with Crippen molar-refractivity contribution in [1.29, 1.82) is 0 Å². The molecule has 0 radical (unpaired) electrons. The van der Waals surface area contributed by atoms with Gasteiger partial charge >= 0.3 is 0 Å². The Morgan fingerprint density at radius 3 is 2.12 bits per heavy atom. The number of carbonyl (C=O) groups excluding carboxylic acids is 4. The van der Waals surface area contributed by atoms with Gasteiger partial charge in [0.1, 0.15) is 12.6 Å². The quantitative estimate of drug-likeness (QED) is 0.461. The van der Waals surface area contributed by atoms with Crippen LogP contribution in [-0.2, 0) is 19.2 Å². The molecule has 0 aliphatic carbocycles. The van der Waals surface area contributed by atoms with Gasteiger partial charge < -0.3 is 9.59 Å². The zero-order valence-corrected chi connectivity index (χ0v) is 9.93. The maximum Gasteiger partial charge on any atom is 0.201 e. The number of Topliss-reactive ketones (excluding diaryl/α,β-unsaturated/α-hetero) is 2. The SMILES string of the molecule is CC(C=O)C(C)C(C)C(=O)C(=O)CCC=O. The lowest BCUT2D eigenvalue weighted by Gasteiger charge is -2.20. The van der Waals surface area contributed by atoms with Crippen LogP contribution in [0.2, 0.25) is 0 Å². The van der Waals surface area contributed by atoms with Crippen LogP contribution in [0, 0.1) is 17.8 Å². The minimum Gasteiger partial charge on any atom is -0.303 e. The first kappa shape index (κ1) is 14.7. The van der Waals surface area contributed by atoms with Crippen molar-refractivity contribution >= 4 is 24.1 Å². The van der Waals surface area contributed by atoms with Gasteiger partial charge in [-0.1, -0.05) is 20.8 Å². The van der Waals surface area contributed by atoms with Gasteiger partial charge in [0.15, 0.2) is 5.78 Å². The number of hydrogen-bond acceptors (Lipinski definition) is 4. The predicted octanol–water partition coefficient (Wildman–Crippen LogP) is 1.21. The van der Waals surface area contributed by atoms with Crippen LogP contribution < -0.4 is 0 Å². The molecule has 90 valence electrons. The van der Waals surface area contributed by atoms with Crippen molar-refractivity contribution in [3.8, 4) is 0 Å². The van der Waals surface area contributed by atoms with Crippen LogP contribution in [0.4, 0.5) is 0 Å². The van der Waals surface area contributed by atoms with Crippen molar-refractivity contribution in [2.75, 3.05) is 0 Å². The fraction of sp³-hybridized carbons (Fsp3) is 0.667. The summed E-state index contributed by atoms with van der Waals surface area (Å²) < 4.78 is 0. The van der Waals surface area contributed by atoms with E-state index in [0.717, 1.165) is 6.29 Å². The first-order chi connectivity index (χ1) is 7.45. The predicted molar refractivity (Wildman–Crippen MR) is 58.9 cm³/mol. The molecule has 4 nitrogen and oxygen atoms in total. The molecule has 0 bridgehead atoms. The van der Waals surface area contributed by atoms with Gasteiger partial charge in [-0.25, -0.2) is 0 Å². The second kappa shape index (κ2) is 7.04. The summed E-state index contributed by atoms with van der Waals surface area (Å²) in [4.78, 5) is 43.6. The third kappa shape index (κ3) is 4.04. The zero-order valence-electron chi connectivity index (χ0n) is 9.93. The van der Waals surface area contributed by atoms with Crippen LogP contribution in [-0.4, -0.2) is 24.1 Å². The molecule has 0 aliphatic rings. The third-order valence-corrected chi connectivity index (χ3v) is 3.01. The smallest absolute Gasteiger partial charge is 0.201 e. The second-order valence-electron chi connectivity index (χ2n) is 4.14. The topological polar surface area (TPSA) is 68.3 Å². The Kier molecular flexibility index (Phi) is 6.46. The van der Waals surface area contributed by atoms with Gasteiger partial charge in [-0.05, 0) is 5.92 Å². The molecule has 3 atom stereocenters. The van der Waals surface area contributed by atoms with Gasteiger partial charge in [0.05, 0.1) is 0 Å². The molecule has 0 aromatic heterocycles. The highest BCUT2D eigenvalue weighted by molar-refractivity contribution is 6.38. The van der Waals surface area contributed by atoms with Crippen molar-refractivity contribution in [2.24, 2.45) is 17.8 Å². The summed E-state index contributed by atoms with van der Waals surface area (Å²) in [5.41, 5.74) is 0. The fourth-order valence-corrected chi connectivity index (χ4v) is 1.39. The third-order valence-electron chi connectivity index (χ3n) is 3.01. The lowest BCUT2D eigenvalue weighted by Crippen LogP contribution is -2.30. The number of carbonyl (C=O) groups is 4. The van der Waals surface area contributed by atoms with E-state index in [0.29, 0.717) is 6.29 Å². The van der Waals surface area contributed by atoms with Gasteiger partial charge in [-0.2, -0.15) is 0 Å². The molecule has 3 unspecified atom stereocenters. The van der Waals surface area contributed by atoms with Crippen LogP contribution in [0.25, 0.3) is 0 Å². The lowest BCUT2D eigenvalue weighted by atomic mass is 9.82. The summed E-state index contributed by atoms with van der Waals surface area (Å²) >= 11 is 0. The highest BCUT2D eigenvalue weighted by Gasteiger charge is 2.28. The average molecular weight is 226 g/mol. The molecule has 0 rings (SSSR count). The standard InChI is InChI=1S/C12H18O4/c1-8(7-14)9(2)10(3)12(16)11(15)5-4-6-13/h6-10H,4-5H2,1-3H3. The second-order valence-corrected chi connectivity index (χ2v) is 4.14. The van der Waals surface area contributed by atoms with E-state index in [1.165, 1.54) is 0 Å². The minimum absolute atomic E-state index is 0.0329. The Hall–Kier alpha value is -1.32. The van der Waals surface area contributed by atoms with E-state index < -0.39 is 17.5 Å². The summed E-state index contributed by atoms with van der Waals surface area (Å²) in [5.74, 6) is -1.89. The highest BCUT2D eigenvalue weighted by Crippen LogP contribution is 2.20. The van der Waals surface area contributed by atoms with E-state index in [9.17, 15) is 19.2 Å². The maximum absolute atomic E-state index is 11.6. The van der Waals surface area contributed by atoms with Crippen molar-refractivity contribution in [2.45, 2.75) is 33.6 Å². The summed E-state index contributed by atoms with van der Waals surface area (Å²) in [6.45, 7) is 5.14. The van der Waals surface area contributed by atoms with E-state index in [1.807, 2.05) is 0 Å². The van der Waals surface area contributed by atoms with Gasteiger partial charge in [0.25, 0.3) is 0 Å². The number of hydrogen-bond donors (Lipinski definition) is 0. The Bertz CT molecular complexity index is 283. The Morgan fingerprint density at radius 2 is 1.69 bits per heavy atom. The molecular weight excluding hydrogens is 208 g/mol. The molecule has 0 aromatic rings. The van der Waals surface area contributed by atoms with Gasteiger partial charge in [0, 0.05) is 24.7 Å². The molecule has 0 aliphatic heterocycles. The van der Waals surface area contributed by atoms with Crippen molar-refractivity contribution < 1.29 is 19.2 Å². The molecule has 16 heavy (non-hydrogen) atoms. The highest BCUT2D eigenvalue weighted by atomic mass is 16.2. The first-order valence-electron chi connectivity index (χ1n) is 5.41.